The number of aliphatic imine (C=N–C) groups is 1. The predicted molar refractivity (Wildman–Crippen MR) is 107 cm³/mol. The second kappa shape index (κ2) is 10.2. The maximum atomic E-state index is 10.7. The maximum absolute atomic E-state index is 10.7. The summed E-state index contributed by atoms with van der Waals surface area (Å²) in [6, 6.07) is 3.92. The number of aliphatic hydroxyl groups is 1. The fourth-order valence-corrected chi connectivity index (χ4v) is 3.80. The molecule has 0 bridgehead atoms. The molecule has 8 nitrogen and oxygen atoms in total. The van der Waals surface area contributed by atoms with Crippen molar-refractivity contribution in [2.75, 3.05) is 59.2 Å². The fraction of sp³-hybridized carbons (Fsp3) is 0.750. The first kappa shape index (κ1) is 21.1. The number of hydrogen-bond donors (Lipinski definition) is 3. The molecule has 3 atom stereocenters. The Labute approximate surface area is 167 Å². The van der Waals surface area contributed by atoms with Gasteiger partial charge in [0.05, 0.1) is 32.6 Å². The van der Waals surface area contributed by atoms with Gasteiger partial charge in [-0.1, -0.05) is 0 Å². The molecule has 1 aromatic rings. The van der Waals surface area contributed by atoms with Crippen molar-refractivity contribution in [3.05, 3.63) is 24.2 Å². The molecule has 0 amide bonds. The molecule has 1 aromatic heterocycles. The lowest BCUT2D eigenvalue weighted by molar-refractivity contribution is 0.00244. The van der Waals surface area contributed by atoms with E-state index in [9.17, 15) is 5.11 Å². The Balaban J connectivity index is 1.62. The molecule has 158 valence electrons. The van der Waals surface area contributed by atoms with Crippen molar-refractivity contribution in [3.8, 4) is 0 Å². The van der Waals surface area contributed by atoms with E-state index >= 15 is 0 Å². The zero-order valence-electron chi connectivity index (χ0n) is 17.0. The van der Waals surface area contributed by atoms with Gasteiger partial charge in [0.25, 0.3) is 0 Å². The third-order valence-electron chi connectivity index (χ3n) is 5.44. The SMILES string of the molecule is CCNC(=NCC(C)(O)c1ccco1)NCC(C1CCOC1)N1CCOCC1. The highest BCUT2D eigenvalue weighted by Crippen LogP contribution is 2.22. The summed E-state index contributed by atoms with van der Waals surface area (Å²) in [5.41, 5.74) is -1.14. The fourth-order valence-electron chi connectivity index (χ4n) is 3.80. The molecule has 2 saturated heterocycles. The summed E-state index contributed by atoms with van der Waals surface area (Å²) in [7, 11) is 0. The summed E-state index contributed by atoms with van der Waals surface area (Å²) in [4.78, 5) is 7.09. The van der Waals surface area contributed by atoms with Crippen LogP contribution in [0.1, 0.15) is 26.0 Å². The summed E-state index contributed by atoms with van der Waals surface area (Å²) >= 11 is 0. The van der Waals surface area contributed by atoms with Gasteiger partial charge >= 0.3 is 0 Å². The topological polar surface area (TPSA) is 91.5 Å². The van der Waals surface area contributed by atoms with Gasteiger partial charge in [-0.3, -0.25) is 4.90 Å². The third-order valence-corrected chi connectivity index (χ3v) is 5.44. The second-order valence-corrected chi connectivity index (χ2v) is 7.67. The molecule has 3 heterocycles. The Bertz CT molecular complexity index is 593. The van der Waals surface area contributed by atoms with Crippen LogP contribution in [0.4, 0.5) is 0 Å². The second-order valence-electron chi connectivity index (χ2n) is 7.67. The first-order chi connectivity index (χ1) is 13.6. The molecular formula is C20H34N4O4. The van der Waals surface area contributed by atoms with Crippen LogP contribution in [0.5, 0.6) is 0 Å². The maximum Gasteiger partial charge on any atom is 0.191 e. The van der Waals surface area contributed by atoms with Crippen LogP contribution in [0.15, 0.2) is 27.8 Å². The van der Waals surface area contributed by atoms with Crippen LogP contribution in [0.2, 0.25) is 0 Å². The standard InChI is InChI=1S/C20H34N4O4/c1-3-21-19(23-15-20(2,25)18-5-4-9-28-18)22-13-17(16-6-10-27-14-16)24-7-11-26-12-8-24/h4-5,9,16-17,25H,3,6-8,10-15H2,1-2H3,(H2,21,22,23). The van der Waals surface area contributed by atoms with Gasteiger partial charge in [0.1, 0.15) is 11.4 Å². The molecule has 2 aliphatic heterocycles. The lowest BCUT2D eigenvalue weighted by atomic mass is 9.97. The van der Waals surface area contributed by atoms with E-state index in [-0.39, 0.29) is 6.54 Å². The van der Waals surface area contributed by atoms with E-state index in [2.05, 4.69) is 20.5 Å². The molecule has 0 spiro atoms. The van der Waals surface area contributed by atoms with Crippen molar-refractivity contribution < 1.29 is 19.0 Å². The number of furan rings is 1. The van der Waals surface area contributed by atoms with E-state index in [0.29, 0.717) is 23.7 Å². The van der Waals surface area contributed by atoms with Crippen LogP contribution >= 0.6 is 0 Å². The molecule has 2 fully saturated rings. The van der Waals surface area contributed by atoms with Gasteiger partial charge in [-0.15, -0.1) is 0 Å². The first-order valence-electron chi connectivity index (χ1n) is 10.3. The van der Waals surface area contributed by atoms with E-state index in [0.717, 1.165) is 59.0 Å². The molecule has 3 N–H and O–H groups in total. The Morgan fingerprint density at radius 2 is 2.14 bits per heavy atom. The molecule has 3 rings (SSSR count). The smallest absolute Gasteiger partial charge is 0.191 e. The van der Waals surface area contributed by atoms with Crippen LogP contribution in [0, 0.1) is 5.92 Å². The zero-order chi connectivity index (χ0) is 19.8. The van der Waals surface area contributed by atoms with Gasteiger partial charge in [-0.05, 0) is 32.4 Å². The molecule has 28 heavy (non-hydrogen) atoms. The van der Waals surface area contributed by atoms with Gasteiger partial charge in [0.15, 0.2) is 5.96 Å². The molecule has 0 saturated carbocycles. The van der Waals surface area contributed by atoms with Crippen LogP contribution in [0.3, 0.4) is 0 Å². The number of hydrogen-bond acceptors (Lipinski definition) is 6. The summed E-state index contributed by atoms with van der Waals surface area (Å²) in [5, 5.41) is 17.4. The van der Waals surface area contributed by atoms with Crippen molar-refractivity contribution in [2.24, 2.45) is 10.9 Å². The van der Waals surface area contributed by atoms with Crippen LogP contribution < -0.4 is 10.6 Å². The van der Waals surface area contributed by atoms with E-state index in [4.69, 9.17) is 13.9 Å². The third kappa shape index (κ3) is 5.70. The average molecular weight is 395 g/mol. The highest BCUT2D eigenvalue weighted by atomic mass is 16.5. The quantitative estimate of drug-likeness (QED) is 0.443. The summed E-state index contributed by atoms with van der Waals surface area (Å²) < 4.78 is 16.5. The minimum absolute atomic E-state index is 0.213. The Hall–Kier alpha value is -1.61. The van der Waals surface area contributed by atoms with Crippen LogP contribution in [0.25, 0.3) is 0 Å². The number of guanidine groups is 1. The normalized spacial score (nSPS) is 24.7. The largest absolute Gasteiger partial charge is 0.466 e. The molecule has 0 aliphatic carbocycles. The van der Waals surface area contributed by atoms with Crippen molar-refractivity contribution in [3.63, 3.8) is 0 Å². The number of nitrogens with zero attached hydrogens (tertiary/aromatic N) is 2. The Morgan fingerprint density at radius 3 is 2.79 bits per heavy atom. The molecule has 3 unspecified atom stereocenters. The molecule has 8 heteroatoms. The predicted octanol–water partition coefficient (Wildman–Crippen LogP) is 0.780. The zero-order valence-corrected chi connectivity index (χ0v) is 17.0. The molecule has 0 radical (unpaired) electrons. The average Bonchev–Trinajstić information content (AvgIpc) is 3.41. The number of ether oxygens (including phenoxy) is 2. The Kier molecular flexibility index (Phi) is 7.73. The van der Waals surface area contributed by atoms with Crippen molar-refractivity contribution in [1.82, 2.24) is 15.5 Å². The monoisotopic (exact) mass is 394 g/mol. The van der Waals surface area contributed by atoms with Gasteiger partial charge < -0.3 is 29.6 Å². The van der Waals surface area contributed by atoms with Crippen molar-refractivity contribution in [1.29, 1.82) is 0 Å². The highest BCUT2D eigenvalue weighted by molar-refractivity contribution is 5.79. The minimum atomic E-state index is -1.14. The molecule has 2 aliphatic rings. The van der Waals surface area contributed by atoms with Crippen LogP contribution in [-0.4, -0.2) is 81.2 Å². The van der Waals surface area contributed by atoms with E-state index in [1.807, 2.05) is 6.92 Å². The number of morpholine rings is 1. The summed E-state index contributed by atoms with van der Waals surface area (Å²) in [6.07, 6.45) is 2.65. The Morgan fingerprint density at radius 1 is 1.32 bits per heavy atom. The van der Waals surface area contributed by atoms with Gasteiger partial charge in [-0.2, -0.15) is 0 Å². The highest BCUT2D eigenvalue weighted by Gasteiger charge is 2.32. The van der Waals surface area contributed by atoms with Crippen molar-refractivity contribution in [2.45, 2.75) is 31.9 Å². The first-order valence-corrected chi connectivity index (χ1v) is 10.3. The van der Waals surface area contributed by atoms with Crippen molar-refractivity contribution >= 4 is 5.96 Å². The number of nitrogens with one attached hydrogen (secondary N) is 2. The van der Waals surface area contributed by atoms with Gasteiger partial charge in [-0.25, -0.2) is 4.99 Å². The van der Waals surface area contributed by atoms with Gasteiger partial charge in [0.2, 0.25) is 0 Å². The minimum Gasteiger partial charge on any atom is -0.466 e. The number of rotatable bonds is 8. The molecular weight excluding hydrogens is 360 g/mol. The van der Waals surface area contributed by atoms with Crippen LogP contribution in [-0.2, 0) is 15.1 Å². The lowest BCUT2D eigenvalue weighted by Gasteiger charge is -2.37. The molecule has 0 aromatic carbocycles. The van der Waals surface area contributed by atoms with E-state index in [1.165, 1.54) is 0 Å². The lowest BCUT2D eigenvalue weighted by Crippen LogP contribution is -2.53. The summed E-state index contributed by atoms with van der Waals surface area (Å²) in [5.74, 6) is 1.73. The summed E-state index contributed by atoms with van der Waals surface area (Å²) in [6.45, 7) is 10.6. The van der Waals surface area contributed by atoms with Gasteiger partial charge in [0, 0.05) is 44.7 Å². The van der Waals surface area contributed by atoms with E-state index in [1.54, 1.807) is 25.3 Å². The van der Waals surface area contributed by atoms with E-state index < -0.39 is 5.60 Å².